The van der Waals surface area contributed by atoms with E-state index in [1.807, 2.05) is 0 Å². The highest BCUT2D eigenvalue weighted by Gasteiger charge is 2.38. The van der Waals surface area contributed by atoms with Gasteiger partial charge in [0.2, 0.25) is 0 Å². The van der Waals surface area contributed by atoms with Gasteiger partial charge in [-0.3, -0.25) is 9.63 Å². The van der Waals surface area contributed by atoms with Gasteiger partial charge in [0.25, 0.3) is 0 Å². The highest BCUT2D eigenvalue weighted by molar-refractivity contribution is 5.68. The normalized spacial score (nSPS) is 31.9. The van der Waals surface area contributed by atoms with Gasteiger partial charge in [0, 0.05) is 0 Å². The highest BCUT2D eigenvalue weighted by Crippen LogP contribution is 2.39. The van der Waals surface area contributed by atoms with Crippen molar-refractivity contribution in [2.75, 3.05) is 0 Å². The van der Waals surface area contributed by atoms with Crippen LogP contribution in [-0.4, -0.2) is 16.7 Å². The summed E-state index contributed by atoms with van der Waals surface area (Å²) in [5, 5.41) is 8.80. The van der Waals surface area contributed by atoms with Crippen molar-refractivity contribution in [2.24, 2.45) is 17.7 Å². The minimum absolute atomic E-state index is 0.0221. The van der Waals surface area contributed by atoms with Crippen molar-refractivity contribution in [1.82, 2.24) is 0 Å². The van der Waals surface area contributed by atoms with Gasteiger partial charge >= 0.3 is 5.97 Å². The number of hydrogen-bond donors (Lipinski definition) is 2. The molecule has 0 spiro atoms. The van der Waals surface area contributed by atoms with E-state index in [2.05, 4.69) is 13.8 Å². The van der Waals surface area contributed by atoms with Crippen LogP contribution in [0.25, 0.3) is 0 Å². The fourth-order valence-corrected chi connectivity index (χ4v) is 2.44. The van der Waals surface area contributed by atoms with Gasteiger partial charge in [0.15, 0.2) is 0 Å². The van der Waals surface area contributed by atoms with Gasteiger partial charge < -0.3 is 5.11 Å². The van der Waals surface area contributed by atoms with E-state index in [1.54, 1.807) is 0 Å². The minimum Gasteiger partial charge on any atom is -0.481 e. The van der Waals surface area contributed by atoms with Crippen molar-refractivity contribution >= 4 is 5.97 Å². The molecule has 3 N–H and O–H groups in total. The monoisotopic (exact) mass is 215 g/mol. The third-order valence-corrected chi connectivity index (χ3v) is 3.61. The number of aliphatic carboxylic acids is 1. The van der Waals surface area contributed by atoms with E-state index in [-0.39, 0.29) is 6.42 Å². The predicted octanol–water partition coefficient (Wildman–Crippen LogP) is 1.94. The molecule has 0 amide bonds. The van der Waals surface area contributed by atoms with E-state index in [4.69, 9.17) is 15.8 Å². The molecule has 0 aromatic carbocycles. The predicted molar refractivity (Wildman–Crippen MR) is 57.1 cm³/mol. The van der Waals surface area contributed by atoms with Crippen molar-refractivity contribution in [3.05, 3.63) is 0 Å². The van der Waals surface area contributed by atoms with Crippen LogP contribution >= 0.6 is 0 Å². The third kappa shape index (κ3) is 3.18. The summed E-state index contributed by atoms with van der Waals surface area (Å²) in [5.41, 5.74) is -0.614. The van der Waals surface area contributed by atoms with E-state index in [0.29, 0.717) is 11.8 Å². The lowest BCUT2D eigenvalue weighted by molar-refractivity contribution is -0.150. The molecule has 0 aromatic rings. The Hall–Kier alpha value is -0.610. The Labute approximate surface area is 90.7 Å². The Morgan fingerprint density at radius 3 is 2.40 bits per heavy atom. The van der Waals surface area contributed by atoms with Crippen LogP contribution < -0.4 is 5.90 Å². The molecule has 0 atom stereocenters. The summed E-state index contributed by atoms with van der Waals surface area (Å²) in [6.07, 6.45) is 3.58. The first-order valence-corrected chi connectivity index (χ1v) is 5.59. The number of carboxylic acids is 1. The Bertz CT molecular complexity index is 220. The molecule has 0 saturated heterocycles. The molecule has 1 aliphatic rings. The van der Waals surface area contributed by atoms with E-state index < -0.39 is 11.6 Å². The van der Waals surface area contributed by atoms with Crippen LogP contribution in [-0.2, 0) is 9.63 Å². The van der Waals surface area contributed by atoms with E-state index >= 15 is 0 Å². The van der Waals surface area contributed by atoms with E-state index in [1.165, 1.54) is 0 Å². The molecule has 4 heteroatoms. The van der Waals surface area contributed by atoms with Gasteiger partial charge in [-0.05, 0) is 37.5 Å². The lowest BCUT2D eigenvalue weighted by Gasteiger charge is -2.38. The molecule has 0 unspecified atom stereocenters. The van der Waals surface area contributed by atoms with Crippen LogP contribution in [0.5, 0.6) is 0 Å². The van der Waals surface area contributed by atoms with Crippen molar-refractivity contribution in [1.29, 1.82) is 0 Å². The molecule has 1 saturated carbocycles. The number of carbonyl (C=O) groups is 1. The highest BCUT2D eigenvalue weighted by atomic mass is 16.6. The Morgan fingerprint density at radius 1 is 1.53 bits per heavy atom. The van der Waals surface area contributed by atoms with Gasteiger partial charge in [-0.25, -0.2) is 5.90 Å². The average molecular weight is 215 g/mol. The van der Waals surface area contributed by atoms with Gasteiger partial charge in [0.05, 0.1) is 12.0 Å². The lowest BCUT2D eigenvalue weighted by Crippen LogP contribution is -2.42. The largest absolute Gasteiger partial charge is 0.481 e. The third-order valence-electron chi connectivity index (χ3n) is 3.61. The Balaban J connectivity index is 2.54. The molecular weight excluding hydrogens is 194 g/mol. The molecule has 4 nitrogen and oxygen atoms in total. The first-order chi connectivity index (χ1) is 6.99. The van der Waals surface area contributed by atoms with E-state index in [9.17, 15) is 4.79 Å². The first kappa shape index (κ1) is 12.5. The summed E-state index contributed by atoms with van der Waals surface area (Å²) in [6, 6.07) is 0. The van der Waals surface area contributed by atoms with Crippen molar-refractivity contribution in [3.63, 3.8) is 0 Å². The van der Waals surface area contributed by atoms with Gasteiger partial charge in [-0.15, -0.1) is 0 Å². The first-order valence-electron chi connectivity index (χ1n) is 5.59. The summed E-state index contributed by atoms with van der Waals surface area (Å²) in [7, 11) is 0. The standard InChI is InChI=1S/C11H21NO3/c1-8(2)9-3-5-11(15-12,6-4-9)7-10(13)14/h8-9H,3-7,12H2,1-2H3,(H,13,14). The molecule has 88 valence electrons. The van der Waals surface area contributed by atoms with Crippen LogP contribution in [0.1, 0.15) is 46.0 Å². The zero-order chi connectivity index (χ0) is 11.5. The van der Waals surface area contributed by atoms with Gasteiger partial charge in [0.1, 0.15) is 0 Å². The maximum atomic E-state index is 10.7. The summed E-state index contributed by atoms with van der Waals surface area (Å²) in [6.45, 7) is 4.41. The summed E-state index contributed by atoms with van der Waals surface area (Å²) < 4.78 is 0. The Kier molecular flexibility index (Phi) is 4.11. The second kappa shape index (κ2) is 4.94. The van der Waals surface area contributed by atoms with Crippen LogP contribution in [0, 0.1) is 11.8 Å². The number of hydrogen-bond acceptors (Lipinski definition) is 3. The van der Waals surface area contributed by atoms with Crippen molar-refractivity contribution in [3.8, 4) is 0 Å². The quantitative estimate of drug-likeness (QED) is 0.703. The fourth-order valence-electron chi connectivity index (χ4n) is 2.44. The Morgan fingerprint density at radius 2 is 2.07 bits per heavy atom. The zero-order valence-electron chi connectivity index (χ0n) is 9.53. The molecule has 1 aliphatic carbocycles. The van der Waals surface area contributed by atoms with Crippen LogP contribution in [0.3, 0.4) is 0 Å². The lowest BCUT2D eigenvalue weighted by atomic mass is 9.73. The molecule has 15 heavy (non-hydrogen) atoms. The molecule has 1 rings (SSSR count). The zero-order valence-corrected chi connectivity index (χ0v) is 9.53. The molecule has 0 radical (unpaired) electrons. The smallest absolute Gasteiger partial charge is 0.306 e. The number of nitrogens with two attached hydrogens (primary N) is 1. The van der Waals surface area contributed by atoms with Gasteiger partial charge in [-0.2, -0.15) is 0 Å². The van der Waals surface area contributed by atoms with Gasteiger partial charge in [-0.1, -0.05) is 13.8 Å². The molecule has 0 aromatic heterocycles. The van der Waals surface area contributed by atoms with Crippen LogP contribution in [0.4, 0.5) is 0 Å². The summed E-state index contributed by atoms with van der Waals surface area (Å²) in [4.78, 5) is 15.6. The second-order valence-corrected chi connectivity index (χ2v) is 4.95. The molecule has 1 fully saturated rings. The molecule has 0 aliphatic heterocycles. The second-order valence-electron chi connectivity index (χ2n) is 4.95. The molecule has 0 heterocycles. The maximum absolute atomic E-state index is 10.7. The summed E-state index contributed by atoms with van der Waals surface area (Å²) >= 11 is 0. The van der Waals surface area contributed by atoms with E-state index in [0.717, 1.165) is 25.7 Å². The van der Waals surface area contributed by atoms with Crippen molar-refractivity contribution in [2.45, 2.75) is 51.6 Å². The molecular formula is C11H21NO3. The fraction of sp³-hybridized carbons (Fsp3) is 0.909. The average Bonchev–Trinajstić information content (AvgIpc) is 2.17. The number of carboxylic acid groups (broad SMARTS) is 1. The number of rotatable bonds is 4. The van der Waals surface area contributed by atoms with Crippen molar-refractivity contribution < 1.29 is 14.7 Å². The molecule has 0 bridgehead atoms. The topological polar surface area (TPSA) is 72.5 Å². The SMILES string of the molecule is CC(C)C1CCC(CC(=O)O)(ON)CC1. The summed E-state index contributed by atoms with van der Waals surface area (Å²) in [5.74, 6) is 5.76. The van der Waals surface area contributed by atoms with Crippen LogP contribution in [0.2, 0.25) is 0 Å². The maximum Gasteiger partial charge on any atom is 0.306 e. The van der Waals surface area contributed by atoms with Crippen LogP contribution in [0.15, 0.2) is 0 Å². The minimum atomic E-state index is -0.830.